The van der Waals surface area contributed by atoms with Crippen LogP contribution in [0.25, 0.3) is 0 Å². The Morgan fingerprint density at radius 2 is 2.13 bits per heavy atom. The second kappa shape index (κ2) is 9.41. The summed E-state index contributed by atoms with van der Waals surface area (Å²) in [6.07, 6.45) is 0. The number of carbonyl (C=O) groups excluding carboxylic acids is 3. The van der Waals surface area contributed by atoms with Crippen molar-refractivity contribution >= 4 is 82.8 Å². The fraction of sp³-hybridized carbons (Fsp3) is 0.500. The first-order valence-electron chi connectivity index (χ1n) is 9.05. The number of β-lactam (4-membered cyclic amide) rings is 1. The Hall–Kier alpha value is -1.72. The normalized spacial score (nSPS) is 21.4. The van der Waals surface area contributed by atoms with Crippen molar-refractivity contribution in [2.45, 2.75) is 31.1 Å². The SMILES string of the molecule is CON=C(C(=O)NC1C(=O)N2C(C(=O)O[Si](C)(C)C)=C(CI)CS[C@@H]12)c1nsc(N)n1. The molecule has 1 unspecified atom stereocenters. The molecule has 31 heavy (non-hydrogen) atoms. The van der Waals surface area contributed by atoms with Crippen LogP contribution in [0, 0.1) is 0 Å². The highest BCUT2D eigenvalue weighted by Crippen LogP contribution is 2.41. The molecule has 11 nitrogen and oxygen atoms in total. The van der Waals surface area contributed by atoms with Crippen LogP contribution in [0.4, 0.5) is 5.13 Å². The van der Waals surface area contributed by atoms with E-state index < -0.39 is 37.5 Å². The number of carbonyl (C=O) groups is 3. The molecular weight excluding hydrogens is 575 g/mol. The van der Waals surface area contributed by atoms with Gasteiger partial charge in [0.25, 0.3) is 11.8 Å². The van der Waals surface area contributed by atoms with Gasteiger partial charge in [0.2, 0.25) is 19.9 Å². The molecule has 3 rings (SSSR count). The van der Waals surface area contributed by atoms with Crippen LogP contribution >= 0.6 is 45.9 Å². The summed E-state index contributed by atoms with van der Waals surface area (Å²) in [5.74, 6) is -0.985. The van der Waals surface area contributed by atoms with Crippen LogP contribution in [0.15, 0.2) is 16.4 Å². The van der Waals surface area contributed by atoms with Gasteiger partial charge in [-0.05, 0) is 25.2 Å². The van der Waals surface area contributed by atoms with Gasteiger partial charge in [-0.3, -0.25) is 14.5 Å². The molecule has 3 N–H and O–H groups in total. The Labute approximate surface area is 201 Å². The summed E-state index contributed by atoms with van der Waals surface area (Å²) < 4.78 is 10.2. The lowest BCUT2D eigenvalue weighted by Gasteiger charge is -2.49. The Kier molecular flexibility index (Phi) is 7.27. The Morgan fingerprint density at radius 3 is 2.68 bits per heavy atom. The number of hydrogen-bond donors (Lipinski definition) is 2. The van der Waals surface area contributed by atoms with Gasteiger partial charge < -0.3 is 20.3 Å². The fourth-order valence-corrected chi connectivity index (χ4v) is 6.35. The summed E-state index contributed by atoms with van der Waals surface area (Å²) in [5.41, 5.74) is 6.52. The minimum absolute atomic E-state index is 0.00766. The molecule has 0 bridgehead atoms. The maximum Gasteiger partial charge on any atom is 0.341 e. The van der Waals surface area contributed by atoms with E-state index in [1.165, 1.54) is 23.8 Å². The van der Waals surface area contributed by atoms with E-state index in [9.17, 15) is 14.4 Å². The van der Waals surface area contributed by atoms with E-state index in [0.717, 1.165) is 17.1 Å². The number of hydrogen-bond acceptors (Lipinski definition) is 11. The third kappa shape index (κ3) is 5.03. The number of anilines is 1. The van der Waals surface area contributed by atoms with Gasteiger partial charge in [0, 0.05) is 21.7 Å². The van der Waals surface area contributed by atoms with Crippen LogP contribution in [0.5, 0.6) is 0 Å². The van der Waals surface area contributed by atoms with Gasteiger partial charge >= 0.3 is 5.97 Å². The van der Waals surface area contributed by atoms with E-state index in [-0.39, 0.29) is 22.4 Å². The molecule has 0 spiro atoms. The van der Waals surface area contributed by atoms with Crippen molar-refractivity contribution < 1.29 is 23.6 Å². The summed E-state index contributed by atoms with van der Waals surface area (Å²) in [7, 11) is -0.872. The number of aromatic nitrogens is 2. The highest BCUT2D eigenvalue weighted by Gasteiger charge is 2.54. The molecule has 2 amide bonds. The predicted octanol–water partition coefficient (Wildman–Crippen LogP) is 0.938. The van der Waals surface area contributed by atoms with E-state index >= 15 is 0 Å². The number of nitrogens with two attached hydrogens (primary N) is 1. The van der Waals surface area contributed by atoms with Crippen molar-refractivity contribution in [3.8, 4) is 0 Å². The average molecular weight is 597 g/mol. The third-order valence-corrected chi connectivity index (χ3v) is 7.74. The molecule has 15 heteroatoms. The van der Waals surface area contributed by atoms with Crippen molar-refractivity contribution in [2.75, 3.05) is 23.0 Å². The summed E-state index contributed by atoms with van der Waals surface area (Å²) in [5, 5.41) is 6.07. The number of amides is 2. The zero-order chi connectivity index (χ0) is 22.9. The maximum atomic E-state index is 12.9. The number of fused-ring (bicyclic) bond motifs is 1. The largest absolute Gasteiger partial charge is 0.515 e. The van der Waals surface area contributed by atoms with E-state index in [0.29, 0.717) is 10.2 Å². The van der Waals surface area contributed by atoms with Crippen LogP contribution in [0.2, 0.25) is 19.6 Å². The standard InChI is InChI=1S/C16H21IN6O5S2Si/c1-27-21-8(11-20-16(18)30-22-11)12(24)19-9-13(25)23-10(15(26)28-31(2,3)4)7(5-17)6-29-14(9)23/h9,14H,5-6H2,1-4H3,(H,19,24)(H2,18,20,22)/t9?,14-/m0/s1. The van der Waals surface area contributed by atoms with Crippen LogP contribution in [-0.4, -0.2) is 74.8 Å². The fourth-order valence-electron chi connectivity index (χ4n) is 2.92. The highest BCUT2D eigenvalue weighted by molar-refractivity contribution is 14.1. The van der Waals surface area contributed by atoms with Gasteiger partial charge in [0.1, 0.15) is 24.2 Å². The molecule has 2 atom stereocenters. The first-order chi connectivity index (χ1) is 14.6. The molecule has 3 heterocycles. The van der Waals surface area contributed by atoms with Crippen molar-refractivity contribution in [1.82, 2.24) is 19.6 Å². The lowest BCUT2D eigenvalue weighted by Crippen LogP contribution is -2.71. The number of nitrogens with zero attached hydrogens (tertiary/aromatic N) is 4. The molecule has 0 saturated carbocycles. The lowest BCUT2D eigenvalue weighted by atomic mass is 10.0. The summed E-state index contributed by atoms with van der Waals surface area (Å²) >= 11 is 4.55. The molecule has 2 aliphatic rings. The van der Waals surface area contributed by atoms with Gasteiger partial charge in [0.05, 0.1) is 0 Å². The molecule has 168 valence electrons. The molecule has 1 aromatic heterocycles. The Bertz CT molecular complexity index is 978. The molecular formula is C16H21IN6O5S2Si. The maximum absolute atomic E-state index is 12.9. The molecule has 0 radical (unpaired) electrons. The summed E-state index contributed by atoms with van der Waals surface area (Å²) in [4.78, 5) is 48.6. The third-order valence-electron chi connectivity index (χ3n) is 4.14. The van der Waals surface area contributed by atoms with Crippen molar-refractivity contribution in [1.29, 1.82) is 0 Å². The number of rotatable bonds is 7. The Morgan fingerprint density at radius 1 is 1.42 bits per heavy atom. The quantitative estimate of drug-likeness (QED) is 0.117. The van der Waals surface area contributed by atoms with Crippen molar-refractivity contribution in [3.63, 3.8) is 0 Å². The molecule has 0 aromatic carbocycles. The van der Waals surface area contributed by atoms with Gasteiger partial charge in [-0.15, -0.1) is 11.8 Å². The van der Waals surface area contributed by atoms with E-state index in [1.807, 2.05) is 19.6 Å². The predicted molar refractivity (Wildman–Crippen MR) is 128 cm³/mol. The monoisotopic (exact) mass is 596 g/mol. The number of thioether (sulfide) groups is 1. The minimum Gasteiger partial charge on any atom is -0.515 e. The topological polar surface area (TPSA) is 149 Å². The van der Waals surface area contributed by atoms with Crippen LogP contribution in [0.3, 0.4) is 0 Å². The van der Waals surface area contributed by atoms with Crippen LogP contribution in [0.1, 0.15) is 5.82 Å². The molecule has 1 saturated heterocycles. The van der Waals surface area contributed by atoms with E-state index in [1.54, 1.807) is 0 Å². The van der Waals surface area contributed by atoms with Crippen LogP contribution in [-0.2, 0) is 23.6 Å². The summed E-state index contributed by atoms with van der Waals surface area (Å²) in [6, 6.07) is -0.832. The molecule has 0 aliphatic carbocycles. The molecule has 1 aromatic rings. The zero-order valence-electron chi connectivity index (χ0n) is 17.2. The number of alkyl halides is 1. The summed E-state index contributed by atoms with van der Waals surface area (Å²) in [6.45, 7) is 5.71. The second-order valence-electron chi connectivity index (χ2n) is 7.53. The number of nitrogens with one attached hydrogen (secondary N) is 1. The highest BCUT2D eigenvalue weighted by atomic mass is 127. The van der Waals surface area contributed by atoms with Crippen molar-refractivity contribution in [3.05, 3.63) is 17.1 Å². The molecule has 2 aliphatic heterocycles. The van der Waals surface area contributed by atoms with Gasteiger partial charge in [-0.2, -0.15) is 9.36 Å². The van der Waals surface area contributed by atoms with Gasteiger partial charge in [-0.25, -0.2) is 4.79 Å². The van der Waals surface area contributed by atoms with Crippen molar-refractivity contribution in [2.24, 2.45) is 5.16 Å². The lowest BCUT2D eigenvalue weighted by molar-refractivity contribution is -0.149. The smallest absolute Gasteiger partial charge is 0.341 e. The van der Waals surface area contributed by atoms with Crippen LogP contribution < -0.4 is 11.1 Å². The zero-order valence-corrected chi connectivity index (χ0v) is 22.0. The first kappa shape index (κ1) is 23.9. The van der Waals surface area contributed by atoms with Gasteiger partial charge in [0.15, 0.2) is 5.13 Å². The minimum atomic E-state index is -2.15. The number of halogens is 1. The average Bonchev–Trinajstić information content (AvgIpc) is 3.13. The van der Waals surface area contributed by atoms with Gasteiger partial charge in [-0.1, -0.05) is 27.7 Å². The molecule has 1 fully saturated rings. The van der Waals surface area contributed by atoms with E-state index in [2.05, 4.69) is 42.4 Å². The second-order valence-corrected chi connectivity index (χ2v) is 14.6. The Balaban J connectivity index is 1.79. The number of nitrogen functional groups attached to an aromatic ring is 1. The first-order valence-corrected chi connectivity index (χ1v) is 15.8. The number of oxime groups is 1. The van der Waals surface area contributed by atoms with E-state index in [4.69, 9.17) is 15.0 Å².